The molecule has 1 saturated heterocycles. The van der Waals surface area contributed by atoms with Crippen molar-refractivity contribution < 1.29 is 5.11 Å². The van der Waals surface area contributed by atoms with Crippen molar-refractivity contribution in [3.63, 3.8) is 0 Å². The van der Waals surface area contributed by atoms with E-state index in [-0.39, 0.29) is 12.5 Å². The molecule has 0 spiro atoms. The SMILES string of the molecule is CN1CCC(C(CO)c2ccc(Cl)s2)CC1. The van der Waals surface area contributed by atoms with Crippen molar-refractivity contribution in [3.8, 4) is 0 Å². The first-order valence-electron chi connectivity index (χ1n) is 5.75. The second-order valence-electron chi connectivity index (χ2n) is 4.57. The molecule has 1 fully saturated rings. The van der Waals surface area contributed by atoms with Crippen LogP contribution in [0.2, 0.25) is 4.34 Å². The van der Waals surface area contributed by atoms with E-state index < -0.39 is 0 Å². The Kier molecular flexibility index (Phi) is 4.25. The predicted octanol–water partition coefficient (Wildman–Crippen LogP) is 2.82. The van der Waals surface area contributed by atoms with Gasteiger partial charge in [-0.05, 0) is 51.0 Å². The average molecular weight is 260 g/mol. The van der Waals surface area contributed by atoms with E-state index in [0.717, 1.165) is 17.4 Å². The van der Waals surface area contributed by atoms with Crippen molar-refractivity contribution in [2.45, 2.75) is 18.8 Å². The Hall–Kier alpha value is -0.0900. The maximum Gasteiger partial charge on any atom is 0.0931 e. The van der Waals surface area contributed by atoms with Gasteiger partial charge in [-0.1, -0.05) is 11.6 Å². The largest absolute Gasteiger partial charge is 0.396 e. The molecule has 0 saturated carbocycles. The number of hydrogen-bond donors (Lipinski definition) is 1. The van der Waals surface area contributed by atoms with Gasteiger partial charge in [-0.3, -0.25) is 0 Å². The Morgan fingerprint density at radius 1 is 1.50 bits per heavy atom. The molecule has 1 aliphatic heterocycles. The highest BCUT2D eigenvalue weighted by atomic mass is 35.5. The van der Waals surface area contributed by atoms with Gasteiger partial charge in [0, 0.05) is 10.8 Å². The van der Waals surface area contributed by atoms with Gasteiger partial charge in [-0.25, -0.2) is 0 Å². The van der Waals surface area contributed by atoms with E-state index in [1.807, 2.05) is 6.07 Å². The lowest BCUT2D eigenvalue weighted by Gasteiger charge is -2.33. The summed E-state index contributed by atoms with van der Waals surface area (Å²) in [6.45, 7) is 2.52. The summed E-state index contributed by atoms with van der Waals surface area (Å²) in [5.41, 5.74) is 0. The van der Waals surface area contributed by atoms with Crippen molar-refractivity contribution in [2.24, 2.45) is 5.92 Å². The lowest BCUT2D eigenvalue weighted by molar-refractivity contribution is 0.158. The highest BCUT2D eigenvalue weighted by molar-refractivity contribution is 7.16. The maximum atomic E-state index is 9.56. The Morgan fingerprint density at radius 2 is 2.19 bits per heavy atom. The lowest BCUT2D eigenvalue weighted by Crippen LogP contribution is -2.33. The van der Waals surface area contributed by atoms with Crippen LogP contribution in [0.25, 0.3) is 0 Å². The van der Waals surface area contributed by atoms with Crippen LogP contribution < -0.4 is 0 Å². The molecule has 1 aromatic rings. The highest BCUT2D eigenvalue weighted by Crippen LogP contribution is 2.36. The molecule has 0 amide bonds. The minimum atomic E-state index is 0.241. The second kappa shape index (κ2) is 5.50. The van der Waals surface area contributed by atoms with E-state index in [1.54, 1.807) is 11.3 Å². The predicted molar refractivity (Wildman–Crippen MR) is 69.4 cm³/mol. The molecule has 90 valence electrons. The molecule has 2 heterocycles. The minimum absolute atomic E-state index is 0.241. The van der Waals surface area contributed by atoms with Gasteiger partial charge in [-0.15, -0.1) is 11.3 Å². The van der Waals surface area contributed by atoms with E-state index in [2.05, 4.69) is 18.0 Å². The van der Waals surface area contributed by atoms with E-state index in [1.165, 1.54) is 17.7 Å². The molecule has 0 aromatic carbocycles. The van der Waals surface area contributed by atoms with E-state index in [9.17, 15) is 5.11 Å². The number of aliphatic hydroxyl groups is 1. The third-order valence-corrected chi connectivity index (χ3v) is 4.85. The summed E-state index contributed by atoms with van der Waals surface area (Å²) in [5.74, 6) is 0.891. The number of aliphatic hydroxyl groups excluding tert-OH is 1. The molecular formula is C12H18ClNOS. The molecule has 2 rings (SSSR count). The van der Waals surface area contributed by atoms with Crippen molar-refractivity contribution in [3.05, 3.63) is 21.3 Å². The summed E-state index contributed by atoms with van der Waals surface area (Å²) in [5, 5.41) is 9.56. The summed E-state index contributed by atoms with van der Waals surface area (Å²) >= 11 is 7.56. The minimum Gasteiger partial charge on any atom is -0.396 e. The summed E-state index contributed by atoms with van der Waals surface area (Å²) in [6, 6.07) is 3.99. The van der Waals surface area contributed by atoms with Gasteiger partial charge in [0.15, 0.2) is 0 Å². The summed E-state index contributed by atoms with van der Waals surface area (Å²) in [7, 11) is 2.16. The standard InChI is InChI=1S/C12H18ClNOS/c1-14-6-4-9(5-7-14)10(8-15)11-2-3-12(13)16-11/h2-3,9-10,15H,4-8H2,1H3. The molecular weight excluding hydrogens is 242 g/mol. The summed E-state index contributed by atoms with van der Waals surface area (Å²) in [6.07, 6.45) is 2.36. The van der Waals surface area contributed by atoms with Gasteiger partial charge in [0.05, 0.1) is 10.9 Å². The van der Waals surface area contributed by atoms with Crippen LogP contribution in [-0.4, -0.2) is 36.8 Å². The number of thiophene rings is 1. The van der Waals surface area contributed by atoms with Crippen LogP contribution in [0.4, 0.5) is 0 Å². The summed E-state index contributed by atoms with van der Waals surface area (Å²) in [4.78, 5) is 3.59. The van der Waals surface area contributed by atoms with Crippen LogP contribution >= 0.6 is 22.9 Å². The van der Waals surface area contributed by atoms with Crippen LogP contribution in [-0.2, 0) is 0 Å². The number of likely N-dealkylation sites (tertiary alicyclic amines) is 1. The second-order valence-corrected chi connectivity index (χ2v) is 6.32. The molecule has 0 bridgehead atoms. The molecule has 1 aromatic heterocycles. The maximum absolute atomic E-state index is 9.56. The zero-order valence-corrected chi connectivity index (χ0v) is 11.1. The molecule has 0 radical (unpaired) electrons. The molecule has 1 N–H and O–H groups in total. The van der Waals surface area contributed by atoms with Crippen molar-refractivity contribution in [2.75, 3.05) is 26.7 Å². The van der Waals surface area contributed by atoms with Crippen LogP contribution in [0.5, 0.6) is 0 Å². The first-order valence-corrected chi connectivity index (χ1v) is 6.95. The van der Waals surface area contributed by atoms with Crippen molar-refractivity contribution in [1.82, 2.24) is 4.90 Å². The van der Waals surface area contributed by atoms with Gasteiger partial charge >= 0.3 is 0 Å². The first-order chi connectivity index (χ1) is 7.70. The quantitative estimate of drug-likeness (QED) is 0.902. The molecule has 0 aliphatic carbocycles. The van der Waals surface area contributed by atoms with Gasteiger partial charge in [0.1, 0.15) is 0 Å². The number of hydrogen-bond acceptors (Lipinski definition) is 3. The van der Waals surface area contributed by atoms with Gasteiger partial charge in [0.25, 0.3) is 0 Å². The van der Waals surface area contributed by atoms with Crippen LogP contribution in [0.15, 0.2) is 12.1 Å². The lowest BCUT2D eigenvalue weighted by atomic mass is 9.84. The molecule has 1 unspecified atom stereocenters. The average Bonchev–Trinajstić information content (AvgIpc) is 2.69. The van der Waals surface area contributed by atoms with E-state index in [0.29, 0.717) is 5.92 Å². The normalized spacial score (nSPS) is 21.2. The molecule has 4 heteroatoms. The van der Waals surface area contributed by atoms with Gasteiger partial charge < -0.3 is 10.0 Å². The number of nitrogens with zero attached hydrogens (tertiary/aromatic N) is 1. The fraction of sp³-hybridized carbons (Fsp3) is 0.667. The Morgan fingerprint density at radius 3 is 2.69 bits per heavy atom. The number of halogens is 1. The van der Waals surface area contributed by atoms with E-state index in [4.69, 9.17) is 11.6 Å². The van der Waals surface area contributed by atoms with Crippen molar-refractivity contribution in [1.29, 1.82) is 0 Å². The summed E-state index contributed by atoms with van der Waals surface area (Å²) < 4.78 is 0.821. The third-order valence-electron chi connectivity index (χ3n) is 3.49. The number of rotatable bonds is 3. The topological polar surface area (TPSA) is 23.5 Å². The van der Waals surface area contributed by atoms with Gasteiger partial charge in [0.2, 0.25) is 0 Å². The van der Waals surface area contributed by atoms with Crippen molar-refractivity contribution >= 4 is 22.9 Å². The smallest absolute Gasteiger partial charge is 0.0931 e. The molecule has 2 nitrogen and oxygen atoms in total. The Labute approximate surface area is 106 Å². The van der Waals surface area contributed by atoms with E-state index >= 15 is 0 Å². The van der Waals surface area contributed by atoms with Crippen LogP contribution in [0.3, 0.4) is 0 Å². The zero-order valence-electron chi connectivity index (χ0n) is 9.53. The molecule has 1 atom stereocenters. The third kappa shape index (κ3) is 2.77. The zero-order chi connectivity index (χ0) is 11.5. The van der Waals surface area contributed by atoms with Gasteiger partial charge in [-0.2, -0.15) is 0 Å². The monoisotopic (exact) mass is 259 g/mol. The van der Waals surface area contributed by atoms with Crippen LogP contribution in [0, 0.1) is 5.92 Å². The fourth-order valence-corrected chi connectivity index (χ4v) is 3.68. The highest BCUT2D eigenvalue weighted by Gasteiger charge is 2.27. The molecule has 1 aliphatic rings. The Balaban J connectivity index is 2.05. The number of piperidine rings is 1. The first kappa shape index (κ1) is 12.4. The Bertz CT molecular complexity index is 334. The fourth-order valence-electron chi connectivity index (χ4n) is 2.43. The molecule has 16 heavy (non-hydrogen) atoms. The van der Waals surface area contributed by atoms with Crippen LogP contribution in [0.1, 0.15) is 23.6 Å².